The quantitative estimate of drug-likeness (QED) is 0.794. The normalized spacial score (nSPS) is 10.8. The largest absolute Gasteiger partial charge is 0.374 e. The van der Waals surface area contributed by atoms with Crippen LogP contribution in [0.3, 0.4) is 0 Å². The highest BCUT2D eigenvalue weighted by atomic mass is 16.5. The van der Waals surface area contributed by atoms with E-state index in [0.717, 1.165) is 30.1 Å². The van der Waals surface area contributed by atoms with E-state index < -0.39 is 0 Å². The van der Waals surface area contributed by atoms with E-state index in [9.17, 15) is 0 Å². The number of nitrogens with zero attached hydrogens (tertiary/aromatic N) is 2. The molecule has 0 spiro atoms. The summed E-state index contributed by atoms with van der Waals surface area (Å²) in [4.78, 5) is 8.89. The Bertz CT molecular complexity index is 316. The average molecular weight is 223 g/mol. The standard InChI is InChI=1S/C12H21N3O/c1-4-16-8-12-14-9(2)11(6-5-7-13)10(3)15-12/h4-8,13H2,1-3H3. The average Bonchev–Trinajstić information content (AvgIpc) is 2.25. The minimum atomic E-state index is 0.495. The van der Waals surface area contributed by atoms with Crippen molar-refractivity contribution in [3.05, 3.63) is 22.8 Å². The Kier molecular flexibility index (Phi) is 5.35. The van der Waals surface area contributed by atoms with Crippen molar-refractivity contribution in [1.82, 2.24) is 9.97 Å². The van der Waals surface area contributed by atoms with E-state index >= 15 is 0 Å². The zero-order valence-electron chi connectivity index (χ0n) is 10.4. The van der Waals surface area contributed by atoms with Crippen molar-refractivity contribution in [2.45, 2.75) is 40.2 Å². The van der Waals surface area contributed by atoms with Gasteiger partial charge in [-0.05, 0) is 45.7 Å². The third-order valence-electron chi connectivity index (χ3n) is 2.53. The smallest absolute Gasteiger partial charge is 0.154 e. The third kappa shape index (κ3) is 3.54. The van der Waals surface area contributed by atoms with Crippen LogP contribution in [0.25, 0.3) is 0 Å². The molecule has 0 atom stereocenters. The first kappa shape index (κ1) is 13.1. The molecule has 2 N–H and O–H groups in total. The Morgan fingerprint density at radius 2 is 1.81 bits per heavy atom. The number of aromatic nitrogens is 2. The number of rotatable bonds is 6. The van der Waals surface area contributed by atoms with Crippen molar-refractivity contribution in [3.8, 4) is 0 Å². The van der Waals surface area contributed by atoms with Crippen molar-refractivity contribution in [2.24, 2.45) is 5.73 Å². The minimum Gasteiger partial charge on any atom is -0.374 e. The molecule has 4 nitrogen and oxygen atoms in total. The number of nitrogens with two attached hydrogens (primary N) is 1. The zero-order chi connectivity index (χ0) is 12.0. The Morgan fingerprint density at radius 3 is 2.31 bits per heavy atom. The predicted molar refractivity (Wildman–Crippen MR) is 64.2 cm³/mol. The van der Waals surface area contributed by atoms with E-state index in [1.165, 1.54) is 5.56 Å². The summed E-state index contributed by atoms with van der Waals surface area (Å²) in [6, 6.07) is 0. The van der Waals surface area contributed by atoms with Crippen LogP contribution in [0, 0.1) is 13.8 Å². The van der Waals surface area contributed by atoms with Crippen LogP contribution in [-0.2, 0) is 17.8 Å². The molecule has 0 unspecified atom stereocenters. The summed E-state index contributed by atoms with van der Waals surface area (Å²) in [5, 5.41) is 0. The van der Waals surface area contributed by atoms with E-state index in [-0.39, 0.29) is 0 Å². The summed E-state index contributed by atoms with van der Waals surface area (Å²) in [6.07, 6.45) is 1.94. The van der Waals surface area contributed by atoms with Gasteiger partial charge in [0, 0.05) is 18.0 Å². The molecule has 0 fully saturated rings. The second kappa shape index (κ2) is 6.55. The summed E-state index contributed by atoms with van der Waals surface area (Å²) in [6.45, 7) is 7.91. The maximum Gasteiger partial charge on any atom is 0.154 e. The molecule has 1 heterocycles. The van der Waals surface area contributed by atoms with Crippen molar-refractivity contribution in [3.63, 3.8) is 0 Å². The SMILES string of the molecule is CCOCc1nc(C)c(CCCN)c(C)n1. The van der Waals surface area contributed by atoms with E-state index in [0.29, 0.717) is 19.8 Å². The maximum atomic E-state index is 5.51. The van der Waals surface area contributed by atoms with Gasteiger partial charge in [0.15, 0.2) is 5.82 Å². The molecule has 1 aromatic rings. The molecule has 1 rings (SSSR count). The van der Waals surface area contributed by atoms with Gasteiger partial charge in [0.2, 0.25) is 0 Å². The Hall–Kier alpha value is -1.00. The number of aryl methyl sites for hydroxylation is 2. The molecule has 0 bridgehead atoms. The van der Waals surface area contributed by atoms with Gasteiger partial charge in [-0.2, -0.15) is 0 Å². The second-order valence-corrected chi connectivity index (χ2v) is 3.82. The van der Waals surface area contributed by atoms with Gasteiger partial charge in [0.05, 0.1) is 0 Å². The van der Waals surface area contributed by atoms with Gasteiger partial charge in [-0.1, -0.05) is 0 Å². The summed E-state index contributed by atoms with van der Waals surface area (Å²) < 4.78 is 5.31. The van der Waals surface area contributed by atoms with Crippen molar-refractivity contribution in [2.75, 3.05) is 13.2 Å². The van der Waals surface area contributed by atoms with Gasteiger partial charge in [-0.15, -0.1) is 0 Å². The topological polar surface area (TPSA) is 61.0 Å². The second-order valence-electron chi connectivity index (χ2n) is 3.82. The summed E-state index contributed by atoms with van der Waals surface area (Å²) in [7, 11) is 0. The van der Waals surface area contributed by atoms with E-state index in [1.54, 1.807) is 0 Å². The first-order chi connectivity index (χ1) is 7.69. The molecular weight excluding hydrogens is 202 g/mol. The van der Waals surface area contributed by atoms with Crippen LogP contribution < -0.4 is 5.73 Å². The maximum absolute atomic E-state index is 5.51. The molecule has 1 aromatic heterocycles. The number of hydrogen-bond donors (Lipinski definition) is 1. The van der Waals surface area contributed by atoms with Gasteiger partial charge in [-0.25, -0.2) is 9.97 Å². The fourth-order valence-corrected chi connectivity index (χ4v) is 1.71. The minimum absolute atomic E-state index is 0.495. The van der Waals surface area contributed by atoms with Gasteiger partial charge >= 0.3 is 0 Å². The molecule has 0 aliphatic heterocycles. The molecule has 0 aliphatic rings. The molecule has 0 amide bonds. The van der Waals surface area contributed by atoms with E-state index in [1.807, 2.05) is 20.8 Å². The van der Waals surface area contributed by atoms with Crippen molar-refractivity contribution >= 4 is 0 Å². The lowest BCUT2D eigenvalue weighted by Crippen LogP contribution is -2.09. The lowest BCUT2D eigenvalue weighted by Gasteiger charge is -2.10. The Balaban J connectivity index is 2.80. The molecule has 0 radical (unpaired) electrons. The first-order valence-corrected chi connectivity index (χ1v) is 5.79. The Labute approximate surface area is 97.2 Å². The van der Waals surface area contributed by atoms with Crippen LogP contribution in [-0.4, -0.2) is 23.1 Å². The van der Waals surface area contributed by atoms with Gasteiger partial charge in [-0.3, -0.25) is 0 Å². The summed E-state index contributed by atoms with van der Waals surface area (Å²) in [5.74, 6) is 0.772. The first-order valence-electron chi connectivity index (χ1n) is 5.79. The summed E-state index contributed by atoms with van der Waals surface area (Å²) in [5.41, 5.74) is 8.84. The van der Waals surface area contributed by atoms with E-state index in [2.05, 4.69) is 9.97 Å². The van der Waals surface area contributed by atoms with Crippen molar-refractivity contribution < 1.29 is 4.74 Å². The number of hydrogen-bond acceptors (Lipinski definition) is 4. The Morgan fingerprint density at radius 1 is 1.19 bits per heavy atom. The van der Waals surface area contributed by atoms with Crippen LogP contribution in [0.15, 0.2) is 0 Å². The summed E-state index contributed by atoms with van der Waals surface area (Å²) >= 11 is 0. The zero-order valence-corrected chi connectivity index (χ0v) is 10.4. The number of ether oxygens (including phenoxy) is 1. The molecule has 4 heteroatoms. The molecule has 0 aromatic carbocycles. The van der Waals surface area contributed by atoms with Crippen LogP contribution in [0.5, 0.6) is 0 Å². The molecule has 0 saturated heterocycles. The lowest BCUT2D eigenvalue weighted by atomic mass is 10.1. The monoisotopic (exact) mass is 223 g/mol. The predicted octanol–water partition coefficient (Wildman–Crippen LogP) is 1.52. The molecule has 0 saturated carbocycles. The van der Waals surface area contributed by atoms with Gasteiger partial charge in [0.25, 0.3) is 0 Å². The van der Waals surface area contributed by atoms with Gasteiger partial charge < -0.3 is 10.5 Å². The molecule has 90 valence electrons. The lowest BCUT2D eigenvalue weighted by molar-refractivity contribution is 0.128. The van der Waals surface area contributed by atoms with Crippen molar-refractivity contribution in [1.29, 1.82) is 0 Å². The molecule has 16 heavy (non-hydrogen) atoms. The van der Waals surface area contributed by atoms with Gasteiger partial charge in [0.1, 0.15) is 6.61 Å². The van der Waals surface area contributed by atoms with Crippen LogP contribution in [0.1, 0.15) is 36.1 Å². The highest BCUT2D eigenvalue weighted by Crippen LogP contribution is 2.12. The van der Waals surface area contributed by atoms with Crippen LogP contribution in [0.2, 0.25) is 0 Å². The van der Waals surface area contributed by atoms with Crippen LogP contribution in [0.4, 0.5) is 0 Å². The fraction of sp³-hybridized carbons (Fsp3) is 0.667. The molecule has 0 aliphatic carbocycles. The highest BCUT2D eigenvalue weighted by Gasteiger charge is 2.07. The fourth-order valence-electron chi connectivity index (χ4n) is 1.71. The molecular formula is C12H21N3O. The highest BCUT2D eigenvalue weighted by molar-refractivity contribution is 5.24. The van der Waals surface area contributed by atoms with Crippen LogP contribution >= 0.6 is 0 Å². The third-order valence-corrected chi connectivity index (χ3v) is 2.53. The van der Waals surface area contributed by atoms with E-state index in [4.69, 9.17) is 10.5 Å².